The molecule has 0 spiro atoms. The minimum Gasteiger partial charge on any atom is -0.481 e. The van der Waals surface area contributed by atoms with Gasteiger partial charge in [0, 0.05) is 6.42 Å². The van der Waals surface area contributed by atoms with Crippen molar-refractivity contribution in [1.82, 2.24) is 16.0 Å². The van der Waals surface area contributed by atoms with E-state index in [1.54, 1.807) is 0 Å². The smallest absolute Gasteiger partial charge is 0.326 e. The van der Waals surface area contributed by atoms with E-state index in [9.17, 15) is 28.8 Å². The Hall–Kier alpha value is -3.26. The van der Waals surface area contributed by atoms with E-state index in [2.05, 4.69) is 16.0 Å². The Morgan fingerprint density at radius 1 is 0.806 bits per heavy atom. The summed E-state index contributed by atoms with van der Waals surface area (Å²) in [6.45, 7) is -0.281. The van der Waals surface area contributed by atoms with Crippen molar-refractivity contribution in [2.75, 3.05) is 13.1 Å². The number of hydrogen-bond donors (Lipinski definition) is 8. The zero-order valence-corrected chi connectivity index (χ0v) is 16.8. The van der Waals surface area contributed by atoms with Gasteiger partial charge in [-0.15, -0.1) is 0 Å². The molecule has 0 radical (unpaired) electrons. The number of rotatable bonds is 16. The summed E-state index contributed by atoms with van der Waals surface area (Å²) in [5.41, 5.74) is 10.9. The van der Waals surface area contributed by atoms with E-state index >= 15 is 0 Å². The molecule has 0 fully saturated rings. The van der Waals surface area contributed by atoms with Gasteiger partial charge in [-0.2, -0.15) is 0 Å². The van der Waals surface area contributed by atoms with Crippen molar-refractivity contribution in [3.05, 3.63) is 0 Å². The van der Waals surface area contributed by atoms with Crippen molar-refractivity contribution in [1.29, 1.82) is 0 Å². The summed E-state index contributed by atoms with van der Waals surface area (Å²) in [4.78, 5) is 68.6. The molecule has 0 rings (SSSR count). The Kier molecular flexibility index (Phi) is 13.1. The monoisotopic (exact) mass is 447 g/mol. The second-order valence-electron chi connectivity index (χ2n) is 6.66. The van der Waals surface area contributed by atoms with E-state index in [0.717, 1.165) is 0 Å². The molecule has 14 nitrogen and oxygen atoms in total. The maximum Gasteiger partial charge on any atom is 0.326 e. The highest BCUT2D eigenvalue weighted by atomic mass is 16.4. The second kappa shape index (κ2) is 14.7. The summed E-state index contributed by atoms with van der Waals surface area (Å²) in [6.07, 6.45) is -0.319. The lowest BCUT2D eigenvalue weighted by atomic mass is 10.1. The average Bonchev–Trinajstić information content (AvgIpc) is 2.67. The van der Waals surface area contributed by atoms with E-state index in [1.165, 1.54) is 0 Å². The fourth-order valence-corrected chi connectivity index (χ4v) is 2.38. The maximum absolute atomic E-state index is 12.4. The number of unbranched alkanes of at least 4 members (excludes halogenated alkanes) is 1. The van der Waals surface area contributed by atoms with Gasteiger partial charge in [-0.1, -0.05) is 0 Å². The molecule has 3 unspecified atom stereocenters. The summed E-state index contributed by atoms with van der Waals surface area (Å²) in [5.74, 6) is -6.45. The van der Waals surface area contributed by atoms with E-state index in [4.69, 9.17) is 26.8 Å². The Bertz CT molecular complexity index is 670. The van der Waals surface area contributed by atoms with Crippen molar-refractivity contribution in [3.8, 4) is 0 Å². The van der Waals surface area contributed by atoms with Gasteiger partial charge < -0.3 is 42.7 Å². The summed E-state index contributed by atoms with van der Waals surface area (Å²) in [7, 11) is 0. The Balaban J connectivity index is 4.86. The summed E-state index contributed by atoms with van der Waals surface area (Å²) in [6, 6.07) is -3.94. The molecule has 0 aliphatic rings. The molecule has 0 bridgehead atoms. The standard InChI is InChI=1S/C17H29N5O9/c18-6-2-1-3-10(22-15(28)9(19)7-14(26)27)16(29)20-8-12(23)21-11(17(30)31)4-5-13(24)25/h9-11H,1-8,18-19H2,(H,20,29)(H,21,23)(H,22,28)(H,24,25)(H,26,27)(H,30,31). The van der Waals surface area contributed by atoms with Crippen LogP contribution in [-0.4, -0.2) is 82.2 Å². The molecular weight excluding hydrogens is 418 g/mol. The Labute approximate surface area is 177 Å². The third-order valence-electron chi connectivity index (χ3n) is 4.01. The minimum atomic E-state index is -1.45. The third-order valence-corrected chi connectivity index (χ3v) is 4.01. The van der Waals surface area contributed by atoms with Gasteiger partial charge in [0.25, 0.3) is 0 Å². The first-order chi connectivity index (χ1) is 14.5. The topological polar surface area (TPSA) is 251 Å². The van der Waals surface area contributed by atoms with Crippen molar-refractivity contribution in [2.45, 2.75) is 56.7 Å². The van der Waals surface area contributed by atoms with Crippen molar-refractivity contribution in [2.24, 2.45) is 11.5 Å². The normalized spacial score (nSPS) is 13.4. The van der Waals surface area contributed by atoms with Gasteiger partial charge in [0.15, 0.2) is 0 Å². The van der Waals surface area contributed by atoms with Crippen LogP contribution in [-0.2, 0) is 28.8 Å². The molecule has 31 heavy (non-hydrogen) atoms. The molecule has 0 aromatic heterocycles. The molecule has 10 N–H and O–H groups in total. The molecule has 14 heteroatoms. The van der Waals surface area contributed by atoms with Crippen LogP contribution in [0, 0.1) is 0 Å². The number of carbonyl (C=O) groups is 6. The fourth-order valence-electron chi connectivity index (χ4n) is 2.38. The highest BCUT2D eigenvalue weighted by Crippen LogP contribution is 2.03. The van der Waals surface area contributed by atoms with Crippen LogP contribution in [0.3, 0.4) is 0 Å². The second-order valence-corrected chi connectivity index (χ2v) is 6.66. The molecule has 0 saturated carbocycles. The van der Waals surface area contributed by atoms with Crippen LogP contribution in [0.25, 0.3) is 0 Å². The number of carboxylic acid groups (broad SMARTS) is 3. The zero-order chi connectivity index (χ0) is 24.0. The molecule has 3 amide bonds. The predicted molar refractivity (Wildman–Crippen MR) is 105 cm³/mol. The molecule has 0 aliphatic carbocycles. The lowest BCUT2D eigenvalue weighted by Gasteiger charge is -2.20. The summed E-state index contributed by atoms with van der Waals surface area (Å²) >= 11 is 0. The number of nitrogens with two attached hydrogens (primary N) is 2. The van der Waals surface area contributed by atoms with Crippen molar-refractivity contribution in [3.63, 3.8) is 0 Å². The van der Waals surface area contributed by atoms with E-state index in [1.807, 2.05) is 0 Å². The summed E-state index contributed by atoms with van der Waals surface area (Å²) in [5, 5.41) is 33.0. The first-order valence-corrected chi connectivity index (χ1v) is 9.47. The lowest BCUT2D eigenvalue weighted by Crippen LogP contribution is -2.53. The largest absolute Gasteiger partial charge is 0.481 e. The first-order valence-electron chi connectivity index (χ1n) is 9.47. The third kappa shape index (κ3) is 12.8. The maximum atomic E-state index is 12.4. The first kappa shape index (κ1) is 27.7. The highest BCUT2D eigenvalue weighted by molar-refractivity contribution is 5.93. The van der Waals surface area contributed by atoms with Crippen LogP contribution in [0.1, 0.15) is 38.5 Å². The minimum absolute atomic E-state index is 0.145. The molecule has 0 aromatic carbocycles. The molecule has 0 aliphatic heterocycles. The Morgan fingerprint density at radius 2 is 1.45 bits per heavy atom. The number of aliphatic carboxylic acids is 3. The lowest BCUT2D eigenvalue weighted by molar-refractivity contribution is -0.143. The molecule has 0 aromatic rings. The summed E-state index contributed by atoms with van der Waals surface area (Å²) < 4.78 is 0. The predicted octanol–water partition coefficient (Wildman–Crippen LogP) is -3.05. The van der Waals surface area contributed by atoms with Crippen molar-refractivity contribution >= 4 is 35.6 Å². The molecule has 3 atom stereocenters. The van der Waals surface area contributed by atoms with Crippen LogP contribution in [0.15, 0.2) is 0 Å². The van der Waals surface area contributed by atoms with Gasteiger partial charge >= 0.3 is 17.9 Å². The van der Waals surface area contributed by atoms with Gasteiger partial charge in [0.1, 0.15) is 12.1 Å². The number of carboxylic acids is 3. The van der Waals surface area contributed by atoms with Gasteiger partial charge in [-0.25, -0.2) is 4.79 Å². The van der Waals surface area contributed by atoms with E-state index in [0.29, 0.717) is 19.4 Å². The van der Waals surface area contributed by atoms with Gasteiger partial charge in [-0.05, 0) is 32.2 Å². The number of carbonyl (C=O) groups excluding carboxylic acids is 3. The molecule has 176 valence electrons. The Morgan fingerprint density at radius 3 is 1.97 bits per heavy atom. The van der Waals surface area contributed by atoms with Gasteiger partial charge in [0.05, 0.1) is 19.0 Å². The van der Waals surface area contributed by atoms with Crippen LogP contribution in [0.4, 0.5) is 0 Å². The number of nitrogens with one attached hydrogen (secondary N) is 3. The molecule has 0 heterocycles. The molecule has 0 saturated heterocycles. The van der Waals surface area contributed by atoms with Gasteiger partial charge in [-0.3, -0.25) is 24.0 Å². The van der Waals surface area contributed by atoms with Gasteiger partial charge in [0.2, 0.25) is 17.7 Å². The zero-order valence-electron chi connectivity index (χ0n) is 16.8. The molecular formula is C17H29N5O9. The highest BCUT2D eigenvalue weighted by Gasteiger charge is 2.26. The fraction of sp³-hybridized carbons (Fsp3) is 0.647. The van der Waals surface area contributed by atoms with Crippen LogP contribution in [0.2, 0.25) is 0 Å². The van der Waals surface area contributed by atoms with Crippen LogP contribution >= 0.6 is 0 Å². The SMILES string of the molecule is NCCCCC(NC(=O)C(N)CC(=O)O)C(=O)NCC(=O)NC(CCC(=O)O)C(=O)O. The quantitative estimate of drug-likeness (QED) is 0.110. The van der Waals surface area contributed by atoms with E-state index < -0.39 is 73.1 Å². The number of hydrogen-bond acceptors (Lipinski definition) is 8. The van der Waals surface area contributed by atoms with E-state index in [-0.39, 0.29) is 12.8 Å². The number of amides is 3. The average molecular weight is 447 g/mol. The van der Waals surface area contributed by atoms with Crippen LogP contribution < -0.4 is 27.4 Å². The van der Waals surface area contributed by atoms with Crippen molar-refractivity contribution < 1.29 is 44.1 Å². The van der Waals surface area contributed by atoms with Crippen LogP contribution in [0.5, 0.6) is 0 Å².